The van der Waals surface area contributed by atoms with Crippen molar-refractivity contribution < 1.29 is 4.79 Å². The van der Waals surface area contributed by atoms with Gasteiger partial charge in [0.1, 0.15) is 5.69 Å². The molecule has 0 aliphatic heterocycles. The summed E-state index contributed by atoms with van der Waals surface area (Å²) in [4.78, 5) is 13.4. The van der Waals surface area contributed by atoms with Gasteiger partial charge in [-0.2, -0.15) is 5.10 Å². The second kappa shape index (κ2) is 4.34. The maximum atomic E-state index is 13.4. The van der Waals surface area contributed by atoms with Crippen LogP contribution in [0.2, 0.25) is 5.02 Å². The molecule has 0 spiro atoms. The smallest absolute Gasteiger partial charge is 0.188 e. The summed E-state index contributed by atoms with van der Waals surface area (Å²) in [6, 6.07) is 0. The van der Waals surface area contributed by atoms with Gasteiger partial charge in [0.15, 0.2) is 5.78 Å². The van der Waals surface area contributed by atoms with Crippen LogP contribution in [0.5, 0.6) is 0 Å². The summed E-state index contributed by atoms with van der Waals surface area (Å²) in [7, 11) is 0. The summed E-state index contributed by atoms with van der Waals surface area (Å²) < 4.78 is 1.78. The van der Waals surface area contributed by atoms with Crippen molar-refractivity contribution in [1.82, 2.24) is 9.78 Å². The minimum atomic E-state index is -0.157. The number of halogens is 1. The van der Waals surface area contributed by atoms with Crippen LogP contribution in [-0.2, 0) is 6.54 Å². The van der Waals surface area contributed by atoms with E-state index in [2.05, 4.69) is 12.0 Å². The van der Waals surface area contributed by atoms with Crippen molar-refractivity contribution in [3.63, 3.8) is 0 Å². The van der Waals surface area contributed by atoms with Crippen LogP contribution in [0, 0.1) is 22.7 Å². The highest BCUT2D eigenvalue weighted by Crippen LogP contribution is 2.65. The molecule has 4 aliphatic carbocycles. The first-order valence-corrected chi connectivity index (χ1v) is 8.59. The number of nitrogens with zero attached hydrogens (tertiary/aromatic N) is 2. The summed E-state index contributed by atoms with van der Waals surface area (Å²) in [6.07, 6.45) is 8.80. The third-order valence-electron chi connectivity index (χ3n) is 6.14. The van der Waals surface area contributed by atoms with Crippen LogP contribution in [-0.4, -0.2) is 15.6 Å². The molecule has 0 N–H and O–H groups in total. The predicted octanol–water partition coefficient (Wildman–Crippen LogP) is 4.35. The van der Waals surface area contributed by atoms with Crippen molar-refractivity contribution >= 4 is 17.4 Å². The molecule has 1 aromatic rings. The predicted molar refractivity (Wildman–Crippen MR) is 82.5 cm³/mol. The summed E-state index contributed by atoms with van der Waals surface area (Å²) in [5, 5.41) is 4.79. The van der Waals surface area contributed by atoms with Gasteiger partial charge in [0.05, 0.1) is 11.2 Å². The molecule has 21 heavy (non-hydrogen) atoms. The highest BCUT2D eigenvalue weighted by molar-refractivity contribution is 6.33. The monoisotopic (exact) mass is 306 g/mol. The highest BCUT2D eigenvalue weighted by atomic mass is 35.5. The normalized spacial score (nSPS) is 40.7. The number of aromatic nitrogens is 2. The second-order valence-corrected chi connectivity index (χ2v) is 8.45. The lowest BCUT2D eigenvalue weighted by Crippen LogP contribution is -2.54. The van der Waals surface area contributed by atoms with Crippen molar-refractivity contribution in [3.8, 4) is 0 Å². The Morgan fingerprint density at radius 2 is 2.05 bits per heavy atom. The minimum Gasteiger partial charge on any atom is -0.292 e. The molecule has 0 amide bonds. The quantitative estimate of drug-likeness (QED) is 0.778. The lowest BCUT2D eigenvalue weighted by molar-refractivity contribution is -0.0823. The van der Waals surface area contributed by atoms with Crippen molar-refractivity contribution in [3.05, 3.63) is 16.9 Å². The van der Waals surface area contributed by atoms with Crippen LogP contribution in [0.25, 0.3) is 0 Å². The van der Waals surface area contributed by atoms with E-state index in [1.807, 2.05) is 6.92 Å². The number of hydrogen-bond acceptors (Lipinski definition) is 2. The highest BCUT2D eigenvalue weighted by Gasteiger charge is 2.59. The molecule has 3 nitrogen and oxygen atoms in total. The van der Waals surface area contributed by atoms with Gasteiger partial charge in [0.2, 0.25) is 0 Å². The van der Waals surface area contributed by atoms with E-state index in [1.54, 1.807) is 10.9 Å². The average molecular weight is 307 g/mol. The molecule has 4 fully saturated rings. The molecule has 1 aromatic heterocycles. The van der Waals surface area contributed by atoms with Crippen LogP contribution in [0.1, 0.15) is 62.9 Å². The van der Waals surface area contributed by atoms with Crippen molar-refractivity contribution in [2.24, 2.45) is 22.7 Å². The fourth-order valence-corrected chi connectivity index (χ4v) is 6.29. The Balaban J connectivity index is 1.75. The summed E-state index contributed by atoms with van der Waals surface area (Å²) >= 11 is 6.29. The maximum Gasteiger partial charge on any atom is 0.188 e. The van der Waals surface area contributed by atoms with Crippen LogP contribution in [0.15, 0.2) is 6.20 Å². The minimum absolute atomic E-state index is 0.157. The van der Waals surface area contributed by atoms with Crippen LogP contribution >= 0.6 is 11.6 Å². The number of aryl methyl sites for hydroxylation is 1. The van der Waals surface area contributed by atoms with Gasteiger partial charge in [0.25, 0.3) is 0 Å². The SMILES string of the molecule is CCn1ncc(Cl)c1C(=O)C12CC3CC(CC(C)(C3)C1)C2. The van der Waals surface area contributed by atoms with Crippen molar-refractivity contribution in [2.75, 3.05) is 0 Å². The van der Waals surface area contributed by atoms with Gasteiger partial charge in [-0.25, -0.2) is 0 Å². The Hall–Kier alpha value is -0.830. The lowest BCUT2D eigenvalue weighted by Gasteiger charge is -2.60. The lowest BCUT2D eigenvalue weighted by atomic mass is 9.43. The first-order chi connectivity index (χ1) is 9.95. The van der Waals surface area contributed by atoms with E-state index in [4.69, 9.17) is 11.6 Å². The molecule has 0 saturated heterocycles. The molecular weight excluding hydrogens is 284 g/mol. The van der Waals surface area contributed by atoms with E-state index < -0.39 is 0 Å². The van der Waals surface area contributed by atoms with Crippen LogP contribution in [0.4, 0.5) is 0 Å². The van der Waals surface area contributed by atoms with E-state index in [0.717, 1.165) is 31.1 Å². The van der Waals surface area contributed by atoms with Gasteiger partial charge in [0, 0.05) is 12.0 Å². The molecular formula is C17H23ClN2O. The number of rotatable bonds is 3. The summed E-state index contributed by atoms with van der Waals surface area (Å²) in [6.45, 7) is 5.11. The van der Waals surface area contributed by atoms with Gasteiger partial charge >= 0.3 is 0 Å². The zero-order chi connectivity index (χ0) is 14.8. The third kappa shape index (κ3) is 1.93. The van der Waals surface area contributed by atoms with Gasteiger partial charge in [-0.15, -0.1) is 0 Å². The molecule has 4 heteroatoms. The molecule has 4 aliphatic rings. The zero-order valence-electron chi connectivity index (χ0n) is 12.9. The van der Waals surface area contributed by atoms with Gasteiger partial charge in [-0.1, -0.05) is 18.5 Å². The van der Waals surface area contributed by atoms with E-state index >= 15 is 0 Å². The Morgan fingerprint density at radius 3 is 2.62 bits per heavy atom. The standard InChI is InChI=1S/C17H23ClN2O/c1-3-20-14(13(18)9-19-20)15(21)17-7-11-4-12(8-17)6-16(2,5-11)10-17/h9,11-12H,3-8,10H2,1-2H3. The van der Waals surface area contributed by atoms with Gasteiger partial charge in [-0.05, 0) is 62.7 Å². The number of Topliss-reactive ketones (excluding diaryl/α,β-unsaturated/α-hetero) is 1. The van der Waals surface area contributed by atoms with E-state index in [-0.39, 0.29) is 11.2 Å². The van der Waals surface area contributed by atoms with Crippen molar-refractivity contribution in [1.29, 1.82) is 0 Å². The Bertz CT molecular complexity index is 592. The molecule has 114 valence electrons. The number of carbonyl (C=O) groups is 1. The van der Waals surface area contributed by atoms with E-state index in [9.17, 15) is 4.79 Å². The Morgan fingerprint density at radius 1 is 1.38 bits per heavy atom. The second-order valence-electron chi connectivity index (χ2n) is 8.04. The Labute approximate surface area is 131 Å². The molecule has 0 radical (unpaired) electrons. The molecule has 4 bridgehead atoms. The molecule has 1 heterocycles. The molecule has 0 aromatic carbocycles. The number of carbonyl (C=O) groups excluding carboxylic acids is 1. The first kappa shape index (κ1) is 13.8. The van der Waals surface area contributed by atoms with Gasteiger partial charge in [-0.3, -0.25) is 9.48 Å². The third-order valence-corrected chi connectivity index (χ3v) is 6.42. The Kier molecular flexibility index (Phi) is 2.86. The zero-order valence-corrected chi connectivity index (χ0v) is 13.6. The van der Waals surface area contributed by atoms with Crippen LogP contribution in [0.3, 0.4) is 0 Å². The topological polar surface area (TPSA) is 34.9 Å². The molecule has 2 unspecified atom stereocenters. The fraction of sp³-hybridized carbons (Fsp3) is 0.765. The maximum absolute atomic E-state index is 13.4. The van der Waals surface area contributed by atoms with Gasteiger partial charge < -0.3 is 0 Å². The average Bonchev–Trinajstić information content (AvgIpc) is 2.76. The fourth-order valence-electron chi connectivity index (χ4n) is 6.07. The van der Waals surface area contributed by atoms with E-state index in [0.29, 0.717) is 22.7 Å². The molecule has 5 rings (SSSR count). The molecule has 2 atom stereocenters. The first-order valence-electron chi connectivity index (χ1n) is 8.21. The summed E-state index contributed by atoms with van der Waals surface area (Å²) in [5.74, 6) is 1.76. The van der Waals surface area contributed by atoms with E-state index in [1.165, 1.54) is 19.3 Å². The molecule has 4 saturated carbocycles. The van der Waals surface area contributed by atoms with Crippen LogP contribution < -0.4 is 0 Å². The number of hydrogen-bond donors (Lipinski definition) is 0. The van der Waals surface area contributed by atoms with Crippen molar-refractivity contribution in [2.45, 2.75) is 58.9 Å². The number of ketones is 1. The largest absolute Gasteiger partial charge is 0.292 e. The summed E-state index contributed by atoms with van der Waals surface area (Å²) in [5.41, 5.74) is 0.878.